The molecule has 12 heavy (non-hydrogen) atoms. The van der Waals surface area contributed by atoms with Gasteiger partial charge in [-0.3, -0.25) is 4.79 Å². The predicted molar refractivity (Wildman–Crippen MR) is 50.7 cm³/mol. The normalized spacial score (nSPS) is 15.8. The summed E-state index contributed by atoms with van der Waals surface area (Å²) in [6.07, 6.45) is 0.941. The van der Waals surface area contributed by atoms with Crippen LogP contribution in [-0.2, 0) is 4.79 Å². The molecule has 0 saturated carbocycles. The van der Waals surface area contributed by atoms with Crippen molar-refractivity contribution in [2.24, 2.45) is 11.7 Å². The van der Waals surface area contributed by atoms with Crippen LogP contribution in [0.2, 0.25) is 0 Å². The van der Waals surface area contributed by atoms with Crippen molar-refractivity contribution in [3.8, 4) is 0 Å². The lowest BCUT2D eigenvalue weighted by atomic mass is 10.0. The Labute approximate surface area is 74.7 Å². The third-order valence-corrected chi connectivity index (χ3v) is 2.02. The van der Waals surface area contributed by atoms with E-state index in [1.807, 2.05) is 27.7 Å². The minimum atomic E-state index is -0.376. The zero-order chi connectivity index (χ0) is 9.72. The molecule has 0 aromatic carbocycles. The van der Waals surface area contributed by atoms with Gasteiger partial charge in [-0.1, -0.05) is 20.8 Å². The SMILES string of the molecule is CCC(C)NC(=O)[C@@H](N)C(C)C. The van der Waals surface area contributed by atoms with Crippen LogP contribution in [0.5, 0.6) is 0 Å². The predicted octanol–water partition coefficient (Wildman–Crippen LogP) is 0.884. The van der Waals surface area contributed by atoms with Crippen molar-refractivity contribution in [1.82, 2.24) is 5.32 Å². The zero-order valence-electron chi connectivity index (χ0n) is 8.42. The third kappa shape index (κ3) is 3.72. The first-order chi connectivity index (χ1) is 5.49. The molecule has 0 aromatic heterocycles. The van der Waals surface area contributed by atoms with E-state index in [2.05, 4.69) is 5.32 Å². The fourth-order valence-corrected chi connectivity index (χ4v) is 0.744. The smallest absolute Gasteiger partial charge is 0.237 e. The molecule has 0 aliphatic carbocycles. The molecule has 0 spiro atoms. The second-order valence-electron chi connectivity index (χ2n) is 3.59. The summed E-state index contributed by atoms with van der Waals surface area (Å²) < 4.78 is 0. The number of nitrogens with one attached hydrogen (secondary N) is 1. The summed E-state index contributed by atoms with van der Waals surface area (Å²) in [5.74, 6) is 0.161. The van der Waals surface area contributed by atoms with Gasteiger partial charge in [-0.05, 0) is 19.3 Å². The van der Waals surface area contributed by atoms with E-state index in [-0.39, 0.29) is 23.9 Å². The van der Waals surface area contributed by atoms with Gasteiger partial charge >= 0.3 is 0 Å². The number of hydrogen-bond donors (Lipinski definition) is 2. The highest BCUT2D eigenvalue weighted by Gasteiger charge is 2.17. The van der Waals surface area contributed by atoms with Crippen LogP contribution in [0.15, 0.2) is 0 Å². The molecule has 1 unspecified atom stereocenters. The molecular formula is C9H20N2O. The van der Waals surface area contributed by atoms with E-state index in [9.17, 15) is 4.79 Å². The Kier molecular flexibility index (Phi) is 4.90. The fraction of sp³-hybridized carbons (Fsp3) is 0.889. The van der Waals surface area contributed by atoms with E-state index in [4.69, 9.17) is 5.73 Å². The first-order valence-electron chi connectivity index (χ1n) is 4.55. The molecule has 0 rings (SSSR count). The Morgan fingerprint density at radius 3 is 2.25 bits per heavy atom. The Balaban J connectivity index is 3.87. The summed E-state index contributed by atoms with van der Waals surface area (Å²) in [7, 11) is 0. The maximum Gasteiger partial charge on any atom is 0.237 e. The van der Waals surface area contributed by atoms with Crippen LogP contribution in [0, 0.1) is 5.92 Å². The van der Waals surface area contributed by atoms with Crippen LogP contribution in [0.4, 0.5) is 0 Å². The second-order valence-corrected chi connectivity index (χ2v) is 3.59. The quantitative estimate of drug-likeness (QED) is 0.661. The van der Waals surface area contributed by atoms with Crippen molar-refractivity contribution in [3.63, 3.8) is 0 Å². The average Bonchev–Trinajstić information content (AvgIpc) is 2.02. The molecule has 0 saturated heterocycles. The van der Waals surface area contributed by atoms with Crippen LogP contribution >= 0.6 is 0 Å². The Morgan fingerprint density at radius 2 is 1.92 bits per heavy atom. The lowest BCUT2D eigenvalue weighted by Crippen LogP contribution is -2.46. The number of hydrogen-bond acceptors (Lipinski definition) is 2. The van der Waals surface area contributed by atoms with Gasteiger partial charge < -0.3 is 11.1 Å². The first-order valence-corrected chi connectivity index (χ1v) is 4.55. The molecule has 0 radical (unpaired) electrons. The van der Waals surface area contributed by atoms with Gasteiger partial charge in [-0.25, -0.2) is 0 Å². The largest absolute Gasteiger partial charge is 0.352 e. The van der Waals surface area contributed by atoms with Crippen molar-refractivity contribution in [3.05, 3.63) is 0 Å². The Hall–Kier alpha value is -0.570. The molecule has 3 N–H and O–H groups in total. The molecule has 0 aliphatic rings. The summed E-state index contributed by atoms with van der Waals surface area (Å²) in [5.41, 5.74) is 5.65. The summed E-state index contributed by atoms with van der Waals surface area (Å²) >= 11 is 0. The van der Waals surface area contributed by atoms with Crippen molar-refractivity contribution >= 4 is 5.91 Å². The fourth-order valence-electron chi connectivity index (χ4n) is 0.744. The Morgan fingerprint density at radius 1 is 1.42 bits per heavy atom. The van der Waals surface area contributed by atoms with E-state index < -0.39 is 0 Å². The standard InChI is InChI=1S/C9H20N2O/c1-5-7(4)11-9(12)8(10)6(2)3/h6-8H,5,10H2,1-4H3,(H,11,12)/t7?,8-/m0/s1. The highest BCUT2D eigenvalue weighted by molar-refractivity contribution is 5.81. The van der Waals surface area contributed by atoms with E-state index in [1.165, 1.54) is 0 Å². The molecule has 0 aromatic rings. The molecule has 1 amide bonds. The average molecular weight is 172 g/mol. The topological polar surface area (TPSA) is 55.1 Å². The maximum absolute atomic E-state index is 11.3. The number of nitrogens with two attached hydrogens (primary N) is 1. The van der Waals surface area contributed by atoms with Gasteiger partial charge in [0, 0.05) is 6.04 Å². The maximum atomic E-state index is 11.3. The van der Waals surface area contributed by atoms with Crippen LogP contribution in [0.25, 0.3) is 0 Å². The number of carbonyl (C=O) groups excluding carboxylic acids is 1. The molecule has 72 valence electrons. The van der Waals surface area contributed by atoms with Crippen molar-refractivity contribution in [1.29, 1.82) is 0 Å². The van der Waals surface area contributed by atoms with E-state index in [1.54, 1.807) is 0 Å². The lowest BCUT2D eigenvalue weighted by Gasteiger charge is -2.18. The molecule has 0 aliphatic heterocycles. The minimum absolute atomic E-state index is 0.0423. The van der Waals surface area contributed by atoms with Crippen molar-refractivity contribution in [2.75, 3.05) is 0 Å². The van der Waals surface area contributed by atoms with E-state index in [0.29, 0.717) is 0 Å². The number of rotatable bonds is 4. The highest BCUT2D eigenvalue weighted by Crippen LogP contribution is 1.99. The zero-order valence-corrected chi connectivity index (χ0v) is 8.42. The summed E-state index contributed by atoms with van der Waals surface area (Å²) in [4.78, 5) is 11.3. The van der Waals surface area contributed by atoms with E-state index >= 15 is 0 Å². The van der Waals surface area contributed by atoms with Gasteiger partial charge in [0.1, 0.15) is 0 Å². The van der Waals surface area contributed by atoms with Gasteiger partial charge in [0.25, 0.3) is 0 Å². The molecule has 3 nitrogen and oxygen atoms in total. The molecule has 3 heteroatoms. The number of amides is 1. The van der Waals surface area contributed by atoms with Gasteiger partial charge in [0.05, 0.1) is 6.04 Å². The minimum Gasteiger partial charge on any atom is -0.352 e. The van der Waals surface area contributed by atoms with Crippen molar-refractivity contribution in [2.45, 2.75) is 46.2 Å². The molecule has 0 fully saturated rings. The first kappa shape index (κ1) is 11.4. The molecule has 0 bridgehead atoms. The second kappa shape index (κ2) is 5.14. The lowest BCUT2D eigenvalue weighted by molar-refractivity contribution is -0.123. The van der Waals surface area contributed by atoms with E-state index in [0.717, 1.165) is 6.42 Å². The molecule has 2 atom stereocenters. The number of carbonyl (C=O) groups is 1. The Bertz CT molecular complexity index is 145. The van der Waals surface area contributed by atoms with Crippen molar-refractivity contribution < 1.29 is 4.79 Å². The van der Waals surface area contributed by atoms with Crippen LogP contribution in [0.1, 0.15) is 34.1 Å². The molecule has 0 heterocycles. The monoisotopic (exact) mass is 172 g/mol. The third-order valence-electron chi connectivity index (χ3n) is 2.02. The van der Waals surface area contributed by atoms with Gasteiger partial charge in [-0.2, -0.15) is 0 Å². The van der Waals surface area contributed by atoms with Crippen LogP contribution in [-0.4, -0.2) is 18.0 Å². The summed E-state index contributed by atoms with van der Waals surface area (Å²) in [5, 5.41) is 2.85. The summed E-state index contributed by atoms with van der Waals surface area (Å²) in [6.45, 7) is 7.90. The van der Waals surface area contributed by atoms with Gasteiger partial charge in [0.2, 0.25) is 5.91 Å². The molecular weight excluding hydrogens is 152 g/mol. The van der Waals surface area contributed by atoms with Crippen LogP contribution in [0.3, 0.4) is 0 Å². The highest BCUT2D eigenvalue weighted by atomic mass is 16.2. The van der Waals surface area contributed by atoms with Gasteiger partial charge in [-0.15, -0.1) is 0 Å². The van der Waals surface area contributed by atoms with Gasteiger partial charge in [0.15, 0.2) is 0 Å². The summed E-state index contributed by atoms with van der Waals surface area (Å²) in [6, 6.07) is -0.152. The van der Waals surface area contributed by atoms with Crippen LogP contribution < -0.4 is 11.1 Å².